The summed E-state index contributed by atoms with van der Waals surface area (Å²) in [6, 6.07) is 17.5. The van der Waals surface area contributed by atoms with Crippen molar-refractivity contribution in [3.63, 3.8) is 0 Å². The zero-order chi connectivity index (χ0) is 20.5. The van der Waals surface area contributed by atoms with E-state index in [-0.39, 0.29) is 11.8 Å². The fourth-order valence-electron chi connectivity index (χ4n) is 3.12. The molecule has 2 aromatic rings. The van der Waals surface area contributed by atoms with Gasteiger partial charge in [0.25, 0.3) is 0 Å². The molecule has 0 bridgehead atoms. The number of hydrogen-bond donors (Lipinski definition) is 1. The topological polar surface area (TPSA) is 49.4 Å². The maximum absolute atomic E-state index is 13.1. The van der Waals surface area contributed by atoms with Crippen molar-refractivity contribution in [2.24, 2.45) is 5.92 Å². The Hall–Kier alpha value is -2.62. The molecule has 0 aliphatic carbocycles. The van der Waals surface area contributed by atoms with Crippen molar-refractivity contribution in [3.8, 4) is 0 Å². The molecule has 0 fully saturated rings. The minimum absolute atomic E-state index is 0.0197. The molecule has 0 radical (unpaired) electrons. The number of benzene rings is 2. The minimum atomic E-state index is -0.500. The fraction of sp³-hybridized carbons (Fsp3) is 0.417. The van der Waals surface area contributed by atoms with E-state index in [9.17, 15) is 9.59 Å². The molecule has 150 valence electrons. The van der Waals surface area contributed by atoms with E-state index >= 15 is 0 Å². The smallest absolute Gasteiger partial charge is 0.242 e. The Balaban J connectivity index is 2.11. The van der Waals surface area contributed by atoms with Crippen molar-refractivity contribution in [1.82, 2.24) is 10.2 Å². The summed E-state index contributed by atoms with van der Waals surface area (Å²) in [5, 5.41) is 2.96. The number of nitrogens with zero attached hydrogens (tertiary/aromatic N) is 1. The van der Waals surface area contributed by atoms with Crippen LogP contribution in [0.2, 0.25) is 0 Å². The van der Waals surface area contributed by atoms with Crippen molar-refractivity contribution in [3.05, 3.63) is 71.3 Å². The van der Waals surface area contributed by atoms with Crippen LogP contribution < -0.4 is 5.32 Å². The summed E-state index contributed by atoms with van der Waals surface area (Å²) in [4.78, 5) is 27.4. The van der Waals surface area contributed by atoms with E-state index in [0.29, 0.717) is 25.4 Å². The zero-order valence-electron chi connectivity index (χ0n) is 17.4. The van der Waals surface area contributed by atoms with Crippen molar-refractivity contribution in [2.75, 3.05) is 13.1 Å². The molecule has 0 saturated carbocycles. The molecule has 0 heterocycles. The van der Waals surface area contributed by atoms with Crippen LogP contribution in [0.15, 0.2) is 54.6 Å². The second-order valence-corrected chi connectivity index (χ2v) is 7.80. The second kappa shape index (κ2) is 10.6. The SMILES string of the molecule is Cc1cccc(CC(=O)N(CCc2ccccc2)C(C)C(=O)NCC(C)C)c1. The molecular formula is C24H32N2O2. The lowest BCUT2D eigenvalue weighted by molar-refractivity contribution is -0.139. The van der Waals surface area contributed by atoms with Crippen LogP contribution >= 0.6 is 0 Å². The Morgan fingerprint density at radius 1 is 0.964 bits per heavy atom. The number of nitrogens with one attached hydrogen (secondary N) is 1. The van der Waals surface area contributed by atoms with Gasteiger partial charge in [-0.05, 0) is 37.3 Å². The Morgan fingerprint density at radius 3 is 2.29 bits per heavy atom. The first-order chi connectivity index (χ1) is 13.4. The lowest BCUT2D eigenvalue weighted by Crippen LogP contribution is -2.49. The monoisotopic (exact) mass is 380 g/mol. The highest BCUT2D eigenvalue weighted by Gasteiger charge is 2.25. The summed E-state index contributed by atoms with van der Waals surface area (Å²) in [6.07, 6.45) is 1.03. The molecule has 0 saturated heterocycles. The normalized spacial score (nSPS) is 11.9. The maximum Gasteiger partial charge on any atom is 0.242 e. The van der Waals surface area contributed by atoms with Crippen LogP contribution in [0.4, 0.5) is 0 Å². The van der Waals surface area contributed by atoms with Gasteiger partial charge in [0.2, 0.25) is 11.8 Å². The average molecular weight is 381 g/mol. The van der Waals surface area contributed by atoms with Gasteiger partial charge >= 0.3 is 0 Å². The Bertz CT molecular complexity index is 771. The minimum Gasteiger partial charge on any atom is -0.354 e. The van der Waals surface area contributed by atoms with E-state index in [1.165, 1.54) is 0 Å². The number of hydrogen-bond acceptors (Lipinski definition) is 2. The number of amides is 2. The largest absolute Gasteiger partial charge is 0.354 e. The molecule has 0 aromatic heterocycles. The second-order valence-electron chi connectivity index (χ2n) is 7.80. The molecule has 1 atom stereocenters. The summed E-state index contributed by atoms with van der Waals surface area (Å²) in [5.41, 5.74) is 3.26. The van der Waals surface area contributed by atoms with Crippen LogP contribution in [0.3, 0.4) is 0 Å². The highest BCUT2D eigenvalue weighted by molar-refractivity contribution is 5.88. The third-order valence-corrected chi connectivity index (χ3v) is 4.77. The fourth-order valence-corrected chi connectivity index (χ4v) is 3.12. The number of rotatable bonds is 9. The van der Waals surface area contributed by atoms with Crippen LogP contribution in [0.5, 0.6) is 0 Å². The first-order valence-corrected chi connectivity index (χ1v) is 10.0. The molecule has 4 nitrogen and oxygen atoms in total. The van der Waals surface area contributed by atoms with E-state index in [4.69, 9.17) is 0 Å². The first kappa shape index (κ1) is 21.7. The molecular weight excluding hydrogens is 348 g/mol. The van der Waals surface area contributed by atoms with Crippen LogP contribution in [0.1, 0.15) is 37.5 Å². The van der Waals surface area contributed by atoms with Gasteiger partial charge in [-0.1, -0.05) is 74.0 Å². The first-order valence-electron chi connectivity index (χ1n) is 10.0. The molecule has 2 rings (SSSR count). The standard InChI is InChI=1S/C24H32N2O2/c1-18(2)17-25-24(28)20(4)26(14-13-21-10-6-5-7-11-21)23(27)16-22-12-8-9-19(3)15-22/h5-12,15,18,20H,13-14,16-17H2,1-4H3,(H,25,28). The summed E-state index contributed by atoms with van der Waals surface area (Å²) < 4.78 is 0. The third-order valence-electron chi connectivity index (χ3n) is 4.77. The van der Waals surface area contributed by atoms with E-state index in [2.05, 4.69) is 19.2 Å². The van der Waals surface area contributed by atoms with Gasteiger partial charge in [0.05, 0.1) is 6.42 Å². The molecule has 0 aliphatic heterocycles. The number of carbonyl (C=O) groups is 2. The molecule has 2 amide bonds. The Morgan fingerprint density at radius 2 is 1.64 bits per heavy atom. The molecule has 28 heavy (non-hydrogen) atoms. The van der Waals surface area contributed by atoms with Gasteiger partial charge in [-0.3, -0.25) is 9.59 Å². The molecule has 0 spiro atoms. The lowest BCUT2D eigenvalue weighted by atomic mass is 10.1. The number of aryl methyl sites for hydroxylation is 1. The molecule has 0 aliphatic rings. The van der Waals surface area contributed by atoms with Gasteiger partial charge in [-0.2, -0.15) is 0 Å². The zero-order valence-corrected chi connectivity index (χ0v) is 17.4. The average Bonchev–Trinajstić information content (AvgIpc) is 2.66. The summed E-state index contributed by atoms with van der Waals surface area (Å²) >= 11 is 0. The van der Waals surface area contributed by atoms with Crippen LogP contribution in [-0.2, 0) is 22.4 Å². The van der Waals surface area contributed by atoms with Crippen LogP contribution in [0, 0.1) is 12.8 Å². The van der Waals surface area contributed by atoms with Gasteiger partial charge in [0.15, 0.2) is 0 Å². The third kappa shape index (κ3) is 6.84. The molecule has 1 unspecified atom stereocenters. The van der Waals surface area contributed by atoms with E-state index in [0.717, 1.165) is 23.1 Å². The Kier molecular flexibility index (Phi) is 8.24. The summed E-state index contributed by atoms with van der Waals surface area (Å²) in [7, 11) is 0. The highest BCUT2D eigenvalue weighted by Crippen LogP contribution is 2.11. The van der Waals surface area contributed by atoms with Gasteiger partial charge in [-0.15, -0.1) is 0 Å². The Labute approximate surface area is 169 Å². The molecule has 1 N–H and O–H groups in total. The van der Waals surface area contributed by atoms with Crippen molar-refractivity contribution >= 4 is 11.8 Å². The van der Waals surface area contributed by atoms with Crippen molar-refractivity contribution in [2.45, 2.75) is 46.6 Å². The maximum atomic E-state index is 13.1. The lowest BCUT2D eigenvalue weighted by Gasteiger charge is -2.29. The molecule has 2 aromatic carbocycles. The van der Waals surface area contributed by atoms with Gasteiger partial charge in [0, 0.05) is 13.1 Å². The van der Waals surface area contributed by atoms with E-state index < -0.39 is 6.04 Å². The predicted octanol–water partition coefficient (Wildman–Crippen LogP) is 3.77. The van der Waals surface area contributed by atoms with Gasteiger partial charge in [0.1, 0.15) is 6.04 Å². The van der Waals surface area contributed by atoms with Crippen LogP contribution in [0.25, 0.3) is 0 Å². The molecule has 4 heteroatoms. The van der Waals surface area contributed by atoms with Crippen molar-refractivity contribution in [1.29, 1.82) is 0 Å². The summed E-state index contributed by atoms with van der Waals surface area (Å²) in [6.45, 7) is 9.08. The number of carbonyl (C=O) groups excluding carboxylic acids is 2. The van der Waals surface area contributed by atoms with E-state index in [1.807, 2.05) is 68.4 Å². The summed E-state index contributed by atoms with van der Waals surface area (Å²) in [5.74, 6) is 0.255. The van der Waals surface area contributed by atoms with Crippen LogP contribution in [-0.4, -0.2) is 35.8 Å². The predicted molar refractivity (Wildman–Crippen MR) is 114 cm³/mol. The quantitative estimate of drug-likeness (QED) is 0.720. The highest BCUT2D eigenvalue weighted by atomic mass is 16.2. The van der Waals surface area contributed by atoms with Gasteiger partial charge in [-0.25, -0.2) is 0 Å². The van der Waals surface area contributed by atoms with E-state index in [1.54, 1.807) is 4.90 Å². The van der Waals surface area contributed by atoms with Gasteiger partial charge < -0.3 is 10.2 Å². The van der Waals surface area contributed by atoms with Crippen molar-refractivity contribution < 1.29 is 9.59 Å².